The van der Waals surface area contributed by atoms with Crippen LogP contribution in [0.2, 0.25) is 0 Å². The Kier molecular flexibility index (Phi) is 3.79. The fourth-order valence-electron chi connectivity index (χ4n) is 4.55. The molecule has 3 heterocycles. The molecule has 3 amide bonds. The van der Waals surface area contributed by atoms with Crippen molar-refractivity contribution < 1.29 is 14.4 Å². The average molecular weight is 401 g/mol. The summed E-state index contributed by atoms with van der Waals surface area (Å²) < 4.78 is 1.65. The van der Waals surface area contributed by atoms with Crippen molar-refractivity contribution in [2.24, 2.45) is 5.73 Å². The Hall–Kier alpha value is -3.94. The van der Waals surface area contributed by atoms with E-state index in [4.69, 9.17) is 5.73 Å². The molecule has 2 aliphatic rings. The maximum absolute atomic E-state index is 13.7. The Morgan fingerprint density at radius 3 is 2.53 bits per heavy atom. The van der Waals surface area contributed by atoms with Crippen molar-refractivity contribution in [3.8, 4) is 5.69 Å². The van der Waals surface area contributed by atoms with E-state index in [1.807, 2.05) is 43.3 Å². The van der Waals surface area contributed by atoms with Crippen LogP contribution < -0.4 is 16.0 Å². The first-order valence-corrected chi connectivity index (χ1v) is 9.57. The second-order valence-electron chi connectivity index (χ2n) is 7.61. The molecule has 2 aliphatic heterocycles. The van der Waals surface area contributed by atoms with Crippen LogP contribution in [0, 0.1) is 6.92 Å². The smallest absolute Gasteiger partial charge is 0.243 e. The number of carbonyl (C=O) groups excluding carboxylic acids is 3. The lowest BCUT2D eigenvalue weighted by Gasteiger charge is -2.32. The van der Waals surface area contributed by atoms with Gasteiger partial charge in [-0.1, -0.05) is 36.4 Å². The molecule has 0 aliphatic carbocycles. The van der Waals surface area contributed by atoms with Gasteiger partial charge in [0.15, 0.2) is 0 Å². The van der Waals surface area contributed by atoms with E-state index < -0.39 is 11.3 Å². The van der Waals surface area contributed by atoms with Crippen molar-refractivity contribution in [1.82, 2.24) is 9.78 Å². The minimum Gasteiger partial charge on any atom is -0.368 e. The number of hydrogen-bond donors (Lipinski definition) is 2. The number of rotatable bonds is 3. The second kappa shape index (κ2) is 6.28. The van der Waals surface area contributed by atoms with Gasteiger partial charge in [-0.15, -0.1) is 0 Å². The van der Waals surface area contributed by atoms with E-state index in [1.54, 1.807) is 23.0 Å². The van der Waals surface area contributed by atoms with E-state index in [0.29, 0.717) is 22.6 Å². The number of benzene rings is 2. The lowest BCUT2D eigenvalue weighted by Crippen LogP contribution is -2.48. The number of carbonyl (C=O) groups is 3. The summed E-state index contributed by atoms with van der Waals surface area (Å²) in [6.45, 7) is 1.70. The maximum Gasteiger partial charge on any atom is 0.243 e. The number of aromatic nitrogens is 2. The van der Waals surface area contributed by atoms with E-state index in [-0.39, 0.29) is 24.8 Å². The average Bonchev–Trinajstić information content (AvgIpc) is 3.23. The second-order valence-corrected chi connectivity index (χ2v) is 7.61. The van der Waals surface area contributed by atoms with Gasteiger partial charge in [0.2, 0.25) is 17.7 Å². The van der Waals surface area contributed by atoms with Gasteiger partial charge in [-0.05, 0) is 30.2 Å². The lowest BCUT2D eigenvalue weighted by molar-refractivity contribution is -0.127. The standard InChI is InChI=1S/C22H19N5O3/c1-13-6-2-4-8-16(13)27-20-15(11-24-27)22(10-19(29)25-20)14-7-3-5-9-17(14)26(21(22)30)12-18(23)28/h2-9,11H,10,12H2,1H3,(H2,23,28)(H,25,29)/t22-/m0/s1. The predicted octanol–water partition coefficient (Wildman–Crippen LogP) is 1.64. The third-order valence-corrected chi connectivity index (χ3v) is 5.84. The third-order valence-electron chi connectivity index (χ3n) is 5.84. The maximum atomic E-state index is 13.7. The molecular formula is C22H19N5O3. The molecule has 3 N–H and O–H groups in total. The number of anilines is 2. The summed E-state index contributed by atoms with van der Waals surface area (Å²) >= 11 is 0. The molecule has 0 bridgehead atoms. The quantitative estimate of drug-likeness (QED) is 0.695. The number of hydrogen-bond acceptors (Lipinski definition) is 4. The van der Waals surface area contributed by atoms with Crippen LogP contribution in [0.4, 0.5) is 11.5 Å². The molecule has 0 radical (unpaired) electrons. The molecule has 0 unspecified atom stereocenters. The van der Waals surface area contributed by atoms with E-state index in [1.165, 1.54) is 4.90 Å². The fourth-order valence-corrected chi connectivity index (χ4v) is 4.55. The van der Waals surface area contributed by atoms with E-state index in [9.17, 15) is 14.4 Å². The molecule has 1 spiro atoms. The molecule has 0 saturated heterocycles. The zero-order valence-electron chi connectivity index (χ0n) is 16.3. The van der Waals surface area contributed by atoms with Crippen LogP contribution in [0.25, 0.3) is 5.69 Å². The Morgan fingerprint density at radius 1 is 1.10 bits per heavy atom. The summed E-state index contributed by atoms with van der Waals surface area (Å²) in [5.41, 5.74) is 7.81. The van der Waals surface area contributed by atoms with Crippen molar-refractivity contribution >= 4 is 29.2 Å². The Morgan fingerprint density at radius 2 is 1.80 bits per heavy atom. The third kappa shape index (κ3) is 2.33. The highest BCUT2D eigenvalue weighted by Crippen LogP contribution is 2.52. The Bertz CT molecular complexity index is 1230. The summed E-state index contributed by atoms with van der Waals surface area (Å²) in [5, 5.41) is 7.41. The van der Waals surface area contributed by atoms with Gasteiger partial charge in [0.1, 0.15) is 17.8 Å². The molecule has 2 aromatic carbocycles. The van der Waals surface area contributed by atoms with Crippen LogP contribution in [-0.2, 0) is 19.8 Å². The van der Waals surface area contributed by atoms with E-state index in [2.05, 4.69) is 10.4 Å². The van der Waals surface area contributed by atoms with Gasteiger partial charge in [-0.2, -0.15) is 5.10 Å². The number of amides is 3. The van der Waals surface area contributed by atoms with Gasteiger partial charge in [0.05, 0.1) is 11.9 Å². The predicted molar refractivity (Wildman–Crippen MR) is 110 cm³/mol. The summed E-state index contributed by atoms with van der Waals surface area (Å²) in [4.78, 5) is 39.5. The number of para-hydroxylation sites is 2. The molecule has 0 saturated carbocycles. The molecule has 1 atom stereocenters. The Labute approximate surface area is 172 Å². The number of primary amides is 1. The van der Waals surface area contributed by atoms with Crippen molar-refractivity contribution in [3.05, 3.63) is 71.4 Å². The highest BCUT2D eigenvalue weighted by Gasteiger charge is 2.57. The molecule has 5 rings (SSSR count). The first-order chi connectivity index (χ1) is 14.4. The highest BCUT2D eigenvalue weighted by atomic mass is 16.2. The van der Waals surface area contributed by atoms with Crippen LogP contribution in [0.1, 0.15) is 23.1 Å². The summed E-state index contributed by atoms with van der Waals surface area (Å²) in [5.74, 6) is -0.791. The zero-order valence-corrected chi connectivity index (χ0v) is 16.3. The first-order valence-electron chi connectivity index (χ1n) is 9.57. The van der Waals surface area contributed by atoms with Crippen molar-refractivity contribution in [2.75, 3.05) is 16.8 Å². The molecule has 3 aromatic rings. The van der Waals surface area contributed by atoms with Crippen LogP contribution >= 0.6 is 0 Å². The molecule has 1 aromatic heterocycles. The van der Waals surface area contributed by atoms with Crippen LogP contribution in [0.3, 0.4) is 0 Å². The van der Waals surface area contributed by atoms with Gasteiger partial charge in [-0.25, -0.2) is 4.68 Å². The van der Waals surface area contributed by atoms with Gasteiger partial charge >= 0.3 is 0 Å². The monoisotopic (exact) mass is 401 g/mol. The van der Waals surface area contributed by atoms with E-state index >= 15 is 0 Å². The first kappa shape index (κ1) is 18.1. The molecular weight excluding hydrogens is 382 g/mol. The van der Waals surface area contributed by atoms with Crippen molar-refractivity contribution in [3.63, 3.8) is 0 Å². The highest BCUT2D eigenvalue weighted by molar-refractivity contribution is 6.17. The van der Waals surface area contributed by atoms with Gasteiger partial charge in [0, 0.05) is 17.7 Å². The number of fused-ring (bicyclic) bond motifs is 4. The number of aryl methyl sites for hydroxylation is 1. The molecule has 150 valence electrons. The summed E-state index contributed by atoms with van der Waals surface area (Å²) in [6.07, 6.45) is 1.56. The topological polar surface area (TPSA) is 110 Å². The fraction of sp³-hybridized carbons (Fsp3) is 0.182. The van der Waals surface area contributed by atoms with Crippen molar-refractivity contribution in [1.29, 1.82) is 0 Å². The summed E-state index contributed by atoms with van der Waals surface area (Å²) in [7, 11) is 0. The van der Waals surface area contributed by atoms with E-state index in [0.717, 1.165) is 11.3 Å². The lowest BCUT2D eigenvalue weighted by atomic mass is 9.72. The number of nitrogens with two attached hydrogens (primary N) is 1. The minimum atomic E-state index is -1.25. The summed E-state index contributed by atoms with van der Waals surface area (Å²) in [6, 6.07) is 14.9. The number of nitrogens with zero attached hydrogens (tertiary/aromatic N) is 3. The van der Waals surface area contributed by atoms with Crippen molar-refractivity contribution in [2.45, 2.75) is 18.8 Å². The minimum absolute atomic E-state index is 0.0649. The molecule has 30 heavy (non-hydrogen) atoms. The van der Waals surface area contributed by atoms with Gasteiger partial charge < -0.3 is 16.0 Å². The zero-order chi connectivity index (χ0) is 21.0. The normalized spacial score (nSPS) is 19.6. The van der Waals surface area contributed by atoms with Crippen LogP contribution in [0.5, 0.6) is 0 Å². The molecule has 0 fully saturated rings. The Balaban J connectivity index is 1.76. The van der Waals surface area contributed by atoms with Gasteiger partial charge in [0.25, 0.3) is 0 Å². The SMILES string of the molecule is Cc1ccccc1-n1ncc2c1NC(=O)C[C@@]21C(=O)N(CC(N)=O)c2ccccc21. The largest absolute Gasteiger partial charge is 0.368 e. The molecule has 8 heteroatoms. The van der Waals surface area contributed by atoms with Crippen LogP contribution in [0.15, 0.2) is 54.7 Å². The van der Waals surface area contributed by atoms with Gasteiger partial charge in [-0.3, -0.25) is 14.4 Å². The van der Waals surface area contributed by atoms with Crippen LogP contribution in [-0.4, -0.2) is 34.0 Å². The molecule has 8 nitrogen and oxygen atoms in total. The number of nitrogens with one attached hydrogen (secondary N) is 1.